The number of nitriles is 1. The van der Waals surface area contributed by atoms with Crippen molar-refractivity contribution in [2.75, 3.05) is 27.0 Å². The number of methoxy groups -OCH3 is 1. The maximum absolute atomic E-state index is 13.5. The van der Waals surface area contributed by atoms with Crippen LogP contribution in [0.15, 0.2) is 24.4 Å². The third kappa shape index (κ3) is 6.09. The molecule has 4 rings (SSSR count). The second kappa shape index (κ2) is 10.7. The average molecular weight is 546 g/mol. The number of halogens is 3. The highest BCUT2D eigenvalue weighted by atomic mass is 19.4. The van der Waals surface area contributed by atoms with Gasteiger partial charge in [0.1, 0.15) is 17.4 Å². The van der Waals surface area contributed by atoms with Gasteiger partial charge >= 0.3 is 12.3 Å². The molecule has 0 unspecified atom stereocenters. The number of carbonyl (C=O) groups excluding carboxylic acids is 1. The average Bonchev–Trinajstić information content (AvgIpc) is 3.23. The summed E-state index contributed by atoms with van der Waals surface area (Å²) in [6.45, 7) is 7.62. The quantitative estimate of drug-likeness (QED) is 0.371. The van der Waals surface area contributed by atoms with E-state index < -0.39 is 23.4 Å². The lowest BCUT2D eigenvalue weighted by Gasteiger charge is -2.34. The lowest BCUT2D eigenvalue weighted by Crippen LogP contribution is -2.43. The van der Waals surface area contributed by atoms with Crippen LogP contribution in [0.25, 0.3) is 22.3 Å². The highest BCUT2D eigenvalue weighted by Gasteiger charge is 2.33. The Morgan fingerprint density at radius 2 is 1.95 bits per heavy atom. The van der Waals surface area contributed by atoms with Crippen LogP contribution in [0.3, 0.4) is 0 Å². The summed E-state index contributed by atoms with van der Waals surface area (Å²) >= 11 is 0. The molecule has 0 N–H and O–H groups in total. The molecule has 0 aliphatic carbocycles. The van der Waals surface area contributed by atoms with Crippen molar-refractivity contribution in [1.82, 2.24) is 19.7 Å². The summed E-state index contributed by atoms with van der Waals surface area (Å²) in [4.78, 5) is 14.3. The van der Waals surface area contributed by atoms with Gasteiger partial charge in [-0.3, -0.25) is 0 Å². The molecule has 0 radical (unpaired) electrons. The van der Waals surface area contributed by atoms with Gasteiger partial charge in [0, 0.05) is 37.3 Å². The van der Waals surface area contributed by atoms with E-state index in [-0.39, 0.29) is 29.8 Å². The molecule has 1 atom stereocenters. The Kier molecular flexibility index (Phi) is 7.75. The number of fused-ring (bicyclic) bond motifs is 1. The number of piperidine rings is 1. The molecule has 39 heavy (non-hydrogen) atoms. The number of ether oxygens (including phenoxy) is 3. The van der Waals surface area contributed by atoms with Crippen LogP contribution in [0, 0.1) is 18.3 Å². The van der Waals surface area contributed by atoms with E-state index in [2.05, 4.69) is 16.3 Å². The van der Waals surface area contributed by atoms with Gasteiger partial charge < -0.3 is 23.7 Å². The van der Waals surface area contributed by atoms with Gasteiger partial charge in [-0.1, -0.05) is 0 Å². The number of aromatic nitrogens is 3. The molecule has 12 heteroatoms. The Morgan fingerprint density at radius 1 is 1.21 bits per heavy atom. The van der Waals surface area contributed by atoms with Crippen molar-refractivity contribution in [2.45, 2.75) is 58.4 Å². The number of rotatable bonds is 5. The lowest BCUT2D eigenvalue weighted by atomic mass is 9.99. The molecule has 1 aliphatic rings. The second-order valence-electron chi connectivity index (χ2n) is 10.5. The zero-order valence-corrected chi connectivity index (χ0v) is 22.4. The first-order chi connectivity index (χ1) is 18.3. The van der Waals surface area contributed by atoms with E-state index in [1.54, 1.807) is 17.2 Å². The van der Waals surface area contributed by atoms with Crippen LogP contribution in [-0.4, -0.2) is 58.4 Å². The SMILES string of the molecule is COCOc1cc(C(F)(F)F)cc(C)c1-c1cc2c(C#N)cn([C@@H]3CCCN(C(=O)OC(C)(C)C)C3)c2nn1. The highest BCUT2D eigenvalue weighted by Crippen LogP contribution is 2.40. The van der Waals surface area contributed by atoms with Crippen LogP contribution in [0.5, 0.6) is 5.75 Å². The zero-order valence-electron chi connectivity index (χ0n) is 22.4. The molecule has 1 saturated heterocycles. The Bertz CT molecular complexity index is 1420. The van der Waals surface area contributed by atoms with E-state index >= 15 is 0 Å². The third-order valence-corrected chi connectivity index (χ3v) is 6.35. The van der Waals surface area contributed by atoms with Gasteiger partial charge in [0.15, 0.2) is 12.4 Å². The first-order valence-electron chi connectivity index (χ1n) is 12.4. The van der Waals surface area contributed by atoms with Crippen molar-refractivity contribution in [3.05, 3.63) is 41.1 Å². The zero-order chi connectivity index (χ0) is 28.5. The number of benzene rings is 1. The van der Waals surface area contributed by atoms with Gasteiger partial charge in [-0.25, -0.2) is 4.79 Å². The number of likely N-dealkylation sites (tertiary alicyclic amines) is 1. The standard InChI is InChI=1S/C27H30F3N5O4/c1-16-9-18(27(28,29)30)10-22(38-15-37-5)23(16)21-11-20-17(12-31)13-35(24(20)33-32-21)19-7-6-8-34(14-19)25(36)39-26(2,3)4/h9-11,13,19H,6-8,14-15H2,1-5H3/t19-/m1/s1. The van der Waals surface area contributed by atoms with Crippen molar-refractivity contribution in [3.63, 3.8) is 0 Å². The number of nitrogens with zero attached hydrogens (tertiary/aromatic N) is 5. The highest BCUT2D eigenvalue weighted by molar-refractivity contribution is 5.87. The summed E-state index contributed by atoms with van der Waals surface area (Å²) in [7, 11) is 1.36. The van der Waals surface area contributed by atoms with Gasteiger partial charge in [0.25, 0.3) is 0 Å². The minimum Gasteiger partial charge on any atom is -0.467 e. The van der Waals surface area contributed by atoms with Crippen LogP contribution in [0.4, 0.5) is 18.0 Å². The minimum absolute atomic E-state index is 0.0592. The molecule has 1 aromatic carbocycles. The predicted molar refractivity (Wildman–Crippen MR) is 136 cm³/mol. The molecule has 2 aromatic heterocycles. The van der Waals surface area contributed by atoms with Crippen molar-refractivity contribution in [3.8, 4) is 23.1 Å². The fourth-order valence-corrected chi connectivity index (χ4v) is 4.69. The molecule has 9 nitrogen and oxygen atoms in total. The van der Waals surface area contributed by atoms with E-state index in [4.69, 9.17) is 14.2 Å². The number of carbonyl (C=O) groups is 1. The van der Waals surface area contributed by atoms with Crippen LogP contribution >= 0.6 is 0 Å². The summed E-state index contributed by atoms with van der Waals surface area (Å²) in [5.74, 6) is -0.0592. The van der Waals surface area contributed by atoms with Gasteiger partial charge in [-0.2, -0.15) is 18.4 Å². The lowest BCUT2D eigenvalue weighted by molar-refractivity contribution is -0.137. The molecule has 3 aromatic rings. The Labute approximate surface area is 224 Å². The van der Waals surface area contributed by atoms with Crippen molar-refractivity contribution in [1.29, 1.82) is 5.26 Å². The summed E-state index contributed by atoms with van der Waals surface area (Å²) in [6, 6.07) is 5.55. The molecule has 1 amide bonds. The minimum atomic E-state index is -4.57. The van der Waals surface area contributed by atoms with Crippen LogP contribution in [0.2, 0.25) is 0 Å². The smallest absolute Gasteiger partial charge is 0.416 e. The normalized spacial score (nSPS) is 16.3. The number of amides is 1. The van der Waals surface area contributed by atoms with Crippen molar-refractivity contribution >= 4 is 17.1 Å². The predicted octanol–water partition coefficient (Wildman–Crippen LogP) is 5.85. The van der Waals surface area contributed by atoms with E-state index in [1.165, 1.54) is 14.0 Å². The monoisotopic (exact) mass is 545 g/mol. The first kappa shape index (κ1) is 28.2. The fraction of sp³-hybridized carbons (Fsp3) is 0.481. The van der Waals surface area contributed by atoms with Gasteiger partial charge in [-0.15, -0.1) is 10.2 Å². The Balaban J connectivity index is 1.74. The molecule has 1 aliphatic heterocycles. The number of hydrogen-bond donors (Lipinski definition) is 0. The molecule has 3 heterocycles. The maximum Gasteiger partial charge on any atom is 0.416 e. The van der Waals surface area contributed by atoms with Crippen LogP contribution in [-0.2, 0) is 15.7 Å². The molecule has 208 valence electrons. The number of hydrogen-bond acceptors (Lipinski definition) is 7. The third-order valence-electron chi connectivity index (χ3n) is 6.35. The largest absolute Gasteiger partial charge is 0.467 e. The summed E-state index contributed by atoms with van der Waals surface area (Å²) in [5, 5.41) is 19.1. The molecule has 0 saturated carbocycles. The summed E-state index contributed by atoms with van der Waals surface area (Å²) in [5.41, 5.74) is 0.146. The van der Waals surface area contributed by atoms with E-state index in [0.717, 1.165) is 25.0 Å². The Hall–Kier alpha value is -3.85. The van der Waals surface area contributed by atoms with Crippen molar-refractivity contribution < 1.29 is 32.2 Å². The van der Waals surface area contributed by atoms with Gasteiger partial charge in [0.05, 0.1) is 22.9 Å². The van der Waals surface area contributed by atoms with E-state index in [0.29, 0.717) is 35.2 Å². The maximum atomic E-state index is 13.5. The first-order valence-corrected chi connectivity index (χ1v) is 12.4. The summed E-state index contributed by atoms with van der Waals surface area (Å²) in [6.07, 6.45) is -1.80. The molecule has 0 bridgehead atoms. The van der Waals surface area contributed by atoms with Crippen molar-refractivity contribution in [2.24, 2.45) is 0 Å². The van der Waals surface area contributed by atoms with E-state index in [1.807, 2.05) is 25.3 Å². The Morgan fingerprint density at radius 3 is 2.59 bits per heavy atom. The van der Waals surface area contributed by atoms with Gasteiger partial charge in [0.2, 0.25) is 0 Å². The van der Waals surface area contributed by atoms with Gasteiger partial charge in [-0.05, 0) is 64.3 Å². The van der Waals surface area contributed by atoms with E-state index in [9.17, 15) is 23.2 Å². The second-order valence-corrected chi connectivity index (χ2v) is 10.5. The number of aryl methyl sites for hydroxylation is 1. The summed E-state index contributed by atoms with van der Waals surface area (Å²) < 4.78 is 58.1. The van der Waals surface area contributed by atoms with Crippen LogP contribution < -0.4 is 4.74 Å². The topological polar surface area (TPSA) is 103 Å². The molecular formula is C27H30F3N5O4. The molecule has 1 fully saturated rings. The molecular weight excluding hydrogens is 515 g/mol. The molecule has 0 spiro atoms. The fourth-order valence-electron chi connectivity index (χ4n) is 4.69. The number of alkyl halides is 3. The van der Waals surface area contributed by atoms with Crippen LogP contribution in [0.1, 0.15) is 56.3 Å².